The Morgan fingerprint density at radius 3 is 2.79 bits per heavy atom. The van der Waals surface area contributed by atoms with Crippen LogP contribution in [-0.2, 0) is 0 Å². The van der Waals surface area contributed by atoms with Gasteiger partial charge >= 0.3 is 0 Å². The molecule has 0 fully saturated rings. The van der Waals surface area contributed by atoms with Crippen molar-refractivity contribution in [2.45, 2.75) is 12.8 Å². The highest BCUT2D eigenvalue weighted by atomic mass is 35.5. The van der Waals surface area contributed by atoms with Crippen LogP contribution in [0.25, 0.3) is 0 Å². The van der Waals surface area contributed by atoms with Crippen molar-refractivity contribution in [1.29, 1.82) is 0 Å². The number of nitro groups is 1. The molecular formula is C9H9ClFNO2. The minimum Gasteiger partial charge on any atom is -0.258 e. The van der Waals surface area contributed by atoms with Crippen LogP contribution in [0, 0.1) is 10.1 Å². The first kappa shape index (κ1) is 10.9. The molecule has 1 aromatic carbocycles. The summed E-state index contributed by atoms with van der Waals surface area (Å²) in [5, 5.41) is 10.8. The first-order chi connectivity index (χ1) is 6.56. The molecule has 0 aliphatic rings. The zero-order valence-corrected chi connectivity index (χ0v) is 8.29. The number of alkyl halides is 1. The van der Waals surface area contributed by atoms with Crippen LogP contribution < -0.4 is 0 Å². The maximum absolute atomic E-state index is 12.4. The molecule has 1 aromatic rings. The van der Waals surface area contributed by atoms with E-state index in [2.05, 4.69) is 0 Å². The van der Waals surface area contributed by atoms with Gasteiger partial charge in [-0.05, 0) is 11.6 Å². The molecule has 0 amide bonds. The summed E-state index contributed by atoms with van der Waals surface area (Å²) in [6.45, 7) is 1.05. The van der Waals surface area contributed by atoms with Crippen LogP contribution in [0.1, 0.15) is 18.4 Å². The van der Waals surface area contributed by atoms with Crippen molar-refractivity contribution in [3.8, 4) is 0 Å². The van der Waals surface area contributed by atoms with E-state index < -0.39 is 17.5 Å². The van der Waals surface area contributed by atoms with Crippen LogP contribution in [0.4, 0.5) is 10.1 Å². The predicted octanol–water partition coefficient (Wildman–Crippen LogP) is 3.32. The topological polar surface area (TPSA) is 43.1 Å². The molecule has 1 atom stereocenters. The molecule has 5 heteroatoms. The number of halogens is 2. The fourth-order valence-corrected chi connectivity index (χ4v) is 1.41. The number of benzene rings is 1. The van der Waals surface area contributed by atoms with Gasteiger partial charge in [0, 0.05) is 23.1 Å². The van der Waals surface area contributed by atoms with Crippen molar-refractivity contribution in [3.63, 3.8) is 0 Å². The van der Waals surface area contributed by atoms with E-state index in [1.165, 1.54) is 18.2 Å². The molecule has 0 aliphatic heterocycles. The quantitative estimate of drug-likeness (QED) is 0.576. The van der Waals surface area contributed by atoms with Gasteiger partial charge in [-0.1, -0.05) is 18.5 Å². The molecule has 1 unspecified atom stereocenters. The number of nitro benzene ring substituents is 1. The summed E-state index contributed by atoms with van der Waals surface area (Å²) in [7, 11) is 0. The molecule has 3 nitrogen and oxygen atoms in total. The lowest BCUT2D eigenvalue weighted by molar-refractivity contribution is -0.384. The minimum absolute atomic E-state index is 0.0651. The summed E-state index contributed by atoms with van der Waals surface area (Å²) in [4.78, 5) is 9.92. The van der Waals surface area contributed by atoms with Crippen LogP contribution in [0.5, 0.6) is 0 Å². The Labute approximate surface area is 85.6 Å². The molecular weight excluding hydrogens is 209 g/mol. The Bertz CT molecular complexity index is 357. The first-order valence-corrected chi connectivity index (χ1v) is 4.44. The van der Waals surface area contributed by atoms with E-state index in [1.807, 2.05) is 0 Å². The summed E-state index contributed by atoms with van der Waals surface area (Å²) in [6.07, 6.45) is 0. The maximum Gasteiger partial charge on any atom is 0.269 e. The molecule has 0 spiro atoms. The Morgan fingerprint density at radius 2 is 2.29 bits per heavy atom. The van der Waals surface area contributed by atoms with Gasteiger partial charge in [0.2, 0.25) is 0 Å². The van der Waals surface area contributed by atoms with Gasteiger partial charge < -0.3 is 0 Å². The zero-order chi connectivity index (χ0) is 10.7. The molecule has 76 valence electrons. The Kier molecular flexibility index (Phi) is 3.41. The highest BCUT2D eigenvalue weighted by molar-refractivity contribution is 6.31. The summed E-state index contributed by atoms with van der Waals surface area (Å²) >= 11 is 5.79. The Balaban J connectivity index is 3.14. The van der Waals surface area contributed by atoms with E-state index in [-0.39, 0.29) is 5.69 Å². The molecule has 0 aliphatic carbocycles. The molecule has 0 aromatic heterocycles. The van der Waals surface area contributed by atoms with Crippen molar-refractivity contribution in [3.05, 3.63) is 38.9 Å². The summed E-state index contributed by atoms with van der Waals surface area (Å²) < 4.78 is 12.4. The lowest BCUT2D eigenvalue weighted by Crippen LogP contribution is -1.98. The third kappa shape index (κ3) is 2.20. The third-order valence-electron chi connectivity index (χ3n) is 1.95. The van der Waals surface area contributed by atoms with Gasteiger partial charge in [0.25, 0.3) is 5.69 Å². The number of nitrogens with zero attached hydrogens (tertiary/aromatic N) is 1. The van der Waals surface area contributed by atoms with E-state index in [9.17, 15) is 14.5 Å². The second-order valence-electron chi connectivity index (χ2n) is 3.02. The van der Waals surface area contributed by atoms with Gasteiger partial charge in [0.05, 0.1) is 11.6 Å². The minimum atomic E-state index is -0.582. The number of hydrogen-bond acceptors (Lipinski definition) is 2. The zero-order valence-electron chi connectivity index (χ0n) is 7.54. The SMILES string of the molecule is CC(CF)c1cc([N+](=O)[O-])ccc1Cl. The van der Waals surface area contributed by atoms with Crippen molar-refractivity contribution >= 4 is 17.3 Å². The van der Waals surface area contributed by atoms with Gasteiger partial charge in [-0.3, -0.25) is 14.5 Å². The fraction of sp³-hybridized carbons (Fsp3) is 0.333. The normalized spacial score (nSPS) is 12.5. The molecule has 0 saturated heterocycles. The van der Waals surface area contributed by atoms with Crippen molar-refractivity contribution in [1.82, 2.24) is 0 Å². The van der Waals surface area contributed by atoms with Gasteiger partial charge in [-0.25, -0.2) is 0 Å². The van der Waals surface area contributed by atoms with Crippen LogP contribution in [0.3, 0.4) is 0 Å². The van der Waals surface area contributed by atoms with Crippen molar-refractivity contribution in [2.75, 3.05) is 6.67 Å². The Morgan fingerprint density at radius 1 is 1.64 bits per heavy atom. The first-order valence-electron chi connectivity index (χ1n) is 4.06. The molecule has 0 saturated carbocycles. The number of rotatable bonds is 3. The largest absolute Gasteiger partial charge is 0.269 e. The molecule has 0 heterocycles. The third-order valence-corrected chi connectivity index (χ3v) is 2.30. The average molecular weight is 218 g/mol. The highest BCUT2D eigenvalue weighted by Crippen LogP contribution is 2.28. The lowest BCUT2D eigenvalue weighted by Gasteiger charge is -2.08. The molecule has 0 bridgehead atoms. The van der Waals surface area contributed by atoms with E-state index >= 15 is 0 Å². The van der Waals surface area contributed by atoms with Crippen molar-refractivity contribution in [2.24, 2.45) is 0 Å². The van der Waals surface area contributed by atoms with Gasteiger partial charge in [-0.2, -0.15) is 0 Å². The smallest absolute Gasteiger partial charge is 0.258 e. The van der Waals surface area contributed by atoms with E-state index in [1.54, 1.807) is 6.92 Å². The fourth-order valence-electron chi connectivity index (χ4n) is 1.11. The molecule has 1 rings (SSSR count). The monoisotopic (exact) mass is 217 g/mol. The molecule has 14 heavy (non-hydrogen) atoms. The average Bonchev–Trinajstić information content (AvgIpc) is 2.17. The van der Waals surface area contributed by atoms with Crippen LogP contribution >= 0.6 is 11.6 Å². The highest BCUT2D eigenvalue weighted by Gasteiger charge is 2.14. The second-order valence-corrected chi connectivity index (χ2v) is 3.43. The van der Waals surface area contributed by atoms with Crippen molar-refractivity contribution < 1.29 is 9.31 Å². The summed E-state index contributed by atoms with van der Waals surface area (Å²) in [6, 6.07) is 4.03. The van der Waals surface area contributed by atoms with E-state index in [0.29, 0.717) is 10.6 Å². The maximum atomic E-state index is 12.4. The number of non-ortho nitro benzene ring substituents is 1. The van der Waals surface area contributed by atoms with Gasteiger partial charge in [0.15, 0.2) is 0 Å². The number of hydrogen-bond donors (Lipinski definition) is 0. The van der Waals surface area contributed by atoms with Crippen LogP contribution in [0.2, 0.25) is 5.02 Å². The lowest BCUT2D eigenvalue weighted by atomic mass is 10.0. The standard InChI is InChI=1S/C9H9ClFNO2/c1-6(5-11)8-4-7(12(13)14)2-3-9(8)10/h2-4,6H,5H2,1H3. The summed E-state index contributed by atoms with van der Waals surface area (Å²) in [5.41, 5.74) is 0.410. The second kappa shape index (κ2) is 4.37. The molecule has 0 N–H and O–H groups in total. The van der Waals surface area contributed by atoms with Crippen LogP contribution in [-0.4, -0.2) is 11.6 Å². The summed E-state index contributed by atoms with van der Waals surface area (Å²) in [5.74, 6) is -0.414. The van der Waals surface area contributed by atoms with Crippen LogP contribution in [0.15, 0.2) is 18.2 Å². The van der Waals surface area contributed by atoms with E-state index in [4.69, 9.17) is 11.6 Å². The van der Waals surface area contributed by atoms with Gasteiger partial charge in [-0.15, -0.1) is 0 Å². The van der Waals surface area contributed by atoms with Gasteiger partial charge in [0.1, 0.15) is 0 Å². The Hall–Kier alpha value is -1.16. The van der Waals surface area contributed by atoms with E-state index in [0.717, 1.165) is 0 Å². The predicted molar refractivity (Wildman–Crippen MR) is 52.5 cm³/mol. The molecule has 0 radical (unpaired) electrons.